The van der Waals surface area contributed by atoms with Crippen LogP contribution < -0.4 is 5.32 Å². The van der Waals surface area contributed by atoms with Crippen molar-refractivity contribution in [3.8, 4) is 0 Å². The monoisotopic (exact) mass is 946 g/mol. The maximum Gasteiger partial charge on any atom is 0.472 e. The topological polar surface area (TPSA) is 169 Å². The highest BCUT2D eigenvalue weighted by molar-refractivity contribution is 7.47. The first-order valence-electron chi connectivity index (χ1n) is 25.6. The van der Waals surface area contributed by atoms with Crippen molar-refractivity contribution in [1.82, 2.24) is 5.32 Å². The summed E-state index contributed by atoms with van der Waals surface area (Å²) in [6.45, 7) is 2.51. The van der Waals surface area contributed by atoms with Gasteiger partial charge < -0.3 is 25.2 Å². The standard InChI is InChI=1S/C54H92NO10P/c1-3-5-7-9-11-13-15-17-19-21-23-24-25-26-28-29-31-33-35-37-39-41-43-45-52(57)55-51(54(59)60)49-65-66(61,62)64-48-50(56)47-63-53(58)46-44-42-40-38-36-34-32-30-27-22-20-18-16-14-12-10-8-6-4-2/h11-14,17-20,23-24,27,30,34,36,50-51,56H,3-10,15-16,21-22,25-26,28-29,31-33,35,37-49H2,1-2H3,(H,55,57)(H,59,60)(H,61,62)/b13-11-,14-12-,19-17-,20-18-,24-23-,30-27-,36-34-. The van der Waals surface area contributed by atoms with Crippen molar-refractivity contribution in [2.75, 3.05) is 19.8 Å². The van der Waals surface area contributed by atoms with Crippen molar-refractivity contribution in [3.63, 3.8) is 0 Å². The molecular formula is C54H92NO10P. The van der Waals surface area contributed by atoms with Crippen LogP contribution in [0.3, 0.4) is 0 Å². The van der Waals surface area contributed by atoms with Gasteiger partial charge in [0.05, 0.1) is 13.2 Å². The van der Waals surface area contributed by atoms with E-state index in [-0.39, 0.29) is 12.8 Å². The molecular weight excluding hydrogens is 854 g/mol. The van der Waals surface area contributed by atoms with E-state index in [0.717, 1.165) is 83.5 Å². The number of rotatable bonds is 47. The average Bonchev–Trinajstić information content (AvgIpc) is 3.29. The Labute approximate surface area is 401 Å². The average molecular weight is 946 g/mol. The number of esters is 1. The second kappa shape index (κ2) is 48.1. The van der Waals surface area contributed by atoms with Crippen LogP contribution in [0.15, 0.2) is 85.1 Å². The van der Waals surface area contributed by atoms with Gasteiger partial charge >= 0.3 is 19.8 Å². The van der Waals surface area contributed by atoms with E-state index in [4.69, 9.17) is 13.8 Å². The van der Waals surface area contributed by atoms with Crippen LogP contribution in [-0.4, -0.2) is 64.9 Å². The number of aliphatic carboxylic acids is 1. The Bertz CT molecular complexity index is 1440. The number of phosphoric acid groups is 1. The van der Waals surface area contributed by atoms with Gasteiger partial charge in [0.15, 0.2) is 6.04 Å². The van der Waals surface area contributed by atoms with Crippen molar-refractivity contribution in [1.29, 1.82) is 0 Å². The number of aliphatic hydroxyl groups excluding tert-OH is 1. The van der Waals surface area contributed by atoms with E-state index in [0.29, 0.717) is 12.8 Å². The molecule has 0 rings (SSSR count). The van der Waals surface area contributed by atoms with Gasteiger partial charge in [-0.05, 0) is 96.3 Å². The largest absolute Gasteiger partial charge is 0.480 e. The molecule has 0 aromatic heterocycles. The highest BCUT2D eigenvalue weighted by Gasteiger charge is 2.28. The number of unbranched alkanes of at least 4 members (excludes halogenated alkanes) is 19. The summed E-state index contributed by atoms with van der Waals surface area (Å²) in [5, 5.41) is 21.9. The third kappa shape index (κ3) is 47.2. The van der Waals surface area contributed by atoms with Gasteiger partial charge in [-0.3, -0.25) is 18.6 Å². The summed E-state index contributed by atoms with van der Waals surface area (Å²) in [4.78, 5) is 46.1. The Balaban J connectivity index is 3.90. The Hall–Kier alpha value is -3.34. The van der Waals surface area contributed by atoms with Crippen LogP contribution in [0.1, 0.15) is 206 Å². The van der Waals surface area contributed by atoms with Crippen molar-refractivity contribution >= 4 is 25.7 Å². The summed E-state index contributed by atoms with van der Waals surface area (Å²) in [6.07, 6.45) is 60.2. The van der Waals surface area contributed by atoms with E-state index < -0.39 is 57.6 Å². The maximum absolute atomic E-state index is 12.4. The van der Waals surface area contributed by atoms with Crippen LogP contribution >= 0.6 is 7.82 Å². The third-order valence-electron chi connectivity index (χ3n) is 10.7. The number of ether oxygens (including phenoxy) is 1. The molecule has 0 aliphatic rings. The summed E-state index contributed by atoms with van der Waals surface area (Å²) in [7, 11) is -4.78. The molecule has 0 aromatic carbocycles. The zero-order valence-electron chi connectivity index (χ0n) is 41.2. The number of nitrogens with one attached hydrogen (secondary N) is 1. The molecule has 0 fully saturated rings. The van der Waals surface area contributed by atoms with E-state index in [9.17, 15) is 34.1 Å². The minimum atomic E-state index is -4.78. The molecule has 0 radical (unpaired) electrons. The van der Waals surface area contributed by atoms with Gasteiger partial charge in [-0.1, -0.05) is 182 Å². The maximum atomic E-state index is 12.4. The number of carbonyl (C=O) groups excluding carboxylic acids is 2. The lowest BCUT2D eigenvalue weighted by atomic mass is 10.0. The van der Waals surface area contributed by atoms with Crippen LogP contribution in [-0.2, 0) is 32.7 Å². The van der Waals surface area contributed by atoms with Crippen LogP contribution in [0, 0.1) is 0 Å². The molecule has 12 heteroatoms. The van der Waals surface area contributed by atoms with E-state index >= 15 is 0 Å². The predicted octanol–water partition coefficient (Wildman–Crippen LogP) is 14.2. The summed E-state index contributed by atoms with van der Waals surface area (Å²) < 4.78 is 26.9. The Morgan fingerprint density at radius 3 is 1.26 bits per heavy atom. The van der Waals surface area contributed by atoms with Gasteiger partial charge in [0.25, 0.3) is 0 Å². The Morgan fingerprint density at radius 2 is 0.833 bits per heavy atom. The quantitative estimate of drug-likeness (QED) is 0.0199. The molecule has 0 aliphatic carbocycles. The highest BCUT2D eigenvalue weighted by Crippen LogP contribution is 2.43. The fourth-order valence-electron chi connectivity index (χ4n) is 6.66. The number of carbonyl (C=O) groups is 3. The van der Waals surface area contributed by atoms with Gasteiger partial charge in [0.1, 0.15) is 12.7 Å². The van der Waals surface area contributed by atoms with Gasteiger partial charge in [-0.25, -0.2) is 9.36 Å². The second-order valence-electron chi connectivity index (χ2n) is 17.0. The van der Waals surface area contributed by atoms with Gasteiger partial charge in [0, 0.05) is 12.8 Å². The van der Waals surface area contributed by atoms with E-state index in [2.05, 4.69) is 104 Å². The summed E-state index contributed by atoms with van der Waals surface area (Å²) in [5.74, 6) is -2.42. The zero-order chi connectivity index (χ0) is 48.4. The van der Waals surface area contributed by atoms with Crippen LogP contribution in [0.25, 0.3) is 0 Å². The third-order valence-corrected chi connectivity index (χ3v) is 11.6. The van der Waals surface area contributed by atoms with Crippen LogP contribution in [0.4, 0.5) is 0 Å². The minimum absolute atomic E-state index is 0.134. The van der Waals surface area contributed by atoms with E-state index in [1.165, 1.54) is 83.5 Å². The highest BCUT2D eigenvalue weighted by atomic mass is 31.2. The summed E-state index contributed by atoms with van der Waals surface area (Å²) in [6, 6.07) is -1.56. The number of phosphoric ester groups is 1. The van der Waals surface area contributed by atoms with E-state index in [1.54, 1.807) is 0 Å². The lowest BCUT2D eigenvalue weighted by molar-refractivity contribution is -0.147. The second-order valence-corrected chi connectivity index (χ2v) is 18.5. The van der Waals surface area contributed by atoms with Crippen LogP contribution in [0.5, 0.6) is 0 Å². The number of hydrogen-bond acceptors (Lipinski definition) is 8. The Kier molecular flexibility index (Phi) is 45.7. The zero-order valence-corrected chi connectivity index (χ0v) is 42.1. The summed E-state index contributed by atoms with van der Waals surface area (Å²) in [5.41, 5.74) is 0. The molecule has 0 bridgehead atoms. The molecule has 0 saturated heterocycles. The number of carboxylic acids is 1. The number of aliphatic hydroxyl groups is 1. The molecule has 3 unspecified atom stereocenters. The molecule has 378 valence electrons. The van der Waals surface area contributed by atoms with E-state index in [1.807, 2.05) is 0 Å². The van der Waals surface area contributed by atoms with Gasteiger partial charge in [0.2, 0.25) is 5.91 Å². The SMILES string of the molecule is CCCCC/C=C\C/C=C\C/C=C\C/C=C\CCCCCC(=O)OCC(O)COP(=O)(O)OCC(NC(=O)CCCCCCCCCCCC/C=C\C/C=C\C/C=C\CCCCC)C(=O)O. The molecule has 0 spiro atoms. The van der Waals surface area contributed by atoms with Crippen molar-refractivity contribution in [2.45, 2.75) is 219 Å². The van der Waals surface area contributed by atoms with Crippen molar-refractivity contribution in [3.05, 3.63) is 85.1 Å². The van der Waals surface area contributed by atoms with Crippen molar-refractivity contribution < 1.29 is 47.8 Å². The van der Waals surface area contributed by atoms with Gasteiger partial charge in [-0.2, -0.15) is 0 Å². The smallest absolute Gasteiger partial charge is 0.472 e. The first-order chi connectivity index (χ1) is 32.1. The molecule has 66 heavy (non-hydrogen) atoms. The Morgan fingerprint density at radius 1 is 0.485 bits per heavy atom. The first-order valence-corrected chi connectivity index (χ1v) is 27.1. The minimum Gasteiger partial charge on any atom is -0.480 e. The fourth-order valence-corrected chi connectivity index (χ4v) is 7.43. The molecule has 3 atom stereocenters. The molecule has 0 saturated carbocycles. The number of allylic oxidation sites excluding steroid dienone is 14. The number of hydrogen-bond donors (Lipinski definition) is 4. The van der Waals surface area contributed by atoms with Crippen LogP contribution in [0.2, 0.25) is 0 Å². The molecule has 4 N–H and O–H groups in total. The number of amides is 1. The molecule has 0 heterocycles. The number of carboxylic acid groups (broad SMARTS) is 1. The lowest BCUT2D eigenvalue weighted by Gasteiger charge is -2.18. The van der Waals surface area contributed by atoms with Gasteiger partial charge in [-0.15, -0.1) is 0 Å². The summed E-state index contributed by atoms with van der Waals surface area (Å²) >= 11 is 0. The fraction of sp³-hybridized carbons (Fsp3) is 0.685. The first kappa shape index (κ1) is 62.7. The lowest BCUT2D eigenvalue weighted by Crippen LogP contribution is -2.43. The predicted molar refractivity (Wildman–Crippen MR) is 272 cm³/mol. The molecule has 0 aliphatic heterocycles. The normalized spacial score (nSPS) is 14.2. The molecule has 0 aromatic rings. The van der Waals surface area contributed by atoms with Crippen molar-refractivity contribution in [2.24, 2.45) is 0 Å². The molecule has 1 amide bonds. The molecule has 11 nitrogen and oxygen atoms in total.